The van der Waals surface area contributed by atoms with Crippen LogP contribution in [0.3, 0.4) is 0 Å². The summed E-state index contributed by atoms with van der Waals surface area (Å²) >= 11 is 5.63. The van der Waals surface area contributed by atoms with Crippen LogP contribution in [-0.4, -0.2) is 50.2 Å². The van der Waals surface area contributed by atoms with Crippen LogP contribution in [0.2, 0.25) is 5.28 Å². The Bertz CT molecular complexity index is 734. The number of aryl methyl sites for hydroxylation is 1. The van der Waals surface area contributed by atoms with E-state index in [1.165, 1.54) is 0 Å². The zero-order chi connectivity index (χ0) is 17.1. The number of aromatic nitrogens is 3. The molecule has 8 heteroatoms. The number of rotatable bonds is 5. The standard InChI is InChI=1S/C16H17ClN4O3/c17-16-18-13(19-20-16)6-7-14(22)21-8-11(12(9-21)15(23)24)10-4-2-1-3-5-10/h1-5,11-12H,6-9H2,(H,23,24)(H,18,19,20). The molecule has 1 aliphatic heterocycles. The second-order valence-corrected chi connectivity index (χ2v) is 6.15. The fraction of sp³-hybridized carbons (Fsp3) is 0.375. The predicted octanol–water partition coefficient (Wildman–Crippen LogP) is 1.72. The highest BCUT2D eigenvalue weighted by atomic mass is 35.5. The second kappa shape index (κ2) is 7.00. The molecule has 24 heavy (non-hydrogen) atoms. The Kier molecular flexibility index (Phi) is 4.80. The molecule has 0 bridgehead atoms. The number of amides is 1. The fourth-order valence-corrected chi connectivity index (χ4v) is 3.21. The van der Waals surface area contributed by atoms with Gasteiger partial charge in [0.25, 0.3) is 0 Å². The summed E-state index contributed by atoms with van der Waals surface area (Å²) in [5, 5.41) is 16.0. The van der Waals surface area contributed by atoms with Crippen LogP contribution in [0.15, 0.2) is 30.3 Å². The molecule has 126 valence electrons. The van der Waals surface area contributed by atoms with E-state index in [1.807, 2.05) is 30.3 Å². The number of nitrogens with zero attached hydrogens (tertiary/aromatic N) is 3. The first-order chi connectivity index (χ1) is 11.5. The summed E-state index contributed by atoms with van der Waals surface area (Å²) < 4.78 is 0. The number of carboxylic acids is 1. The fourth-order valence-electron chi connectivity index (χ4n) is 3.06. The minimum Gasteiger partial charge on any atom is -0.481 e. The summed E-state index contributed by atoms with van der Waals surface area (Å²) in [5.41, 5.74) is 0.946. The number of benzene rings is 1. The summed E-state index contributed by atoms with van der Waals surface area (Å²) in [6.07, 6.45) is 0.627. The lowest BCUT2D eigenvalue weighted by Crippen LogP contribution is -2.30. The Morgan fingerprint density at radius 2 is 2.04 bits per heavy atom. The van der Waals surface area contributed by atoms with Gasteiger partial charge in [0.2, 0.25) is 11.2 Å². The molecule has 1 aliphatic rings. The number of aromatic amines is 1. The third kappa shape index (κ3) is 3.56. The molecule has 2 heterocycles. The van der Waals surface area contributed by atoms with E-state index in [2.05, 4.69) is 15.2 Å². The topological polar surface area (TPSA) is 99.2 Å². The average Bonchev–Trinajstić information content (AvgIpc) is 3.20. The van der Waals surface area contributed by atoms with Gasteiger partial charge < -0.3 is 10.0 Å². The van der Waals surface area contributed by atoms with E-state index in [0.29, 0.717) is 18.8 Å². The number of hydrogen-bond donors (Lipinski definition) is 2. The van der Waals surface area contributed by atoms with Crippen molar-refractivity contribution in [2.24, 2.45) is 5.92 Å². The van der Waals surface area contributed by atoms with E-state index in [4.69, 9.17) is 11.6 Å². The van der Waals surface area contributed by atoms with Gasteiger partial charge in [-0.1, -0.05) is 30.3 Å². The van der Waals surface area contributed by atoms with Crippen LogP contribution in [0.5, 0.6) is 0 Å². The SMILES string of the molecule is O=C(O)C1CN(C(=O)CCc2nc(Cl)n[nH]2)CC1c1ccccc1. The van der Waals surface area contributed by atoms with Crippen molar-refractivity contribution in [3.63, 3.8) is 0 Å². The van der Waals surface area contributed by atoms with Crippen molar-refractivity contribution in [1.29, 1.82) is 0 Å². The molecule has 1 fully saturated rings. The predicted molar refractivity (Wildman–Crippen MR) is 86.6 cm³/mol. The van der Waals surface area contributed by atoms with Gasteiger partial charge in [-0.15, -0.1) is 5.10 Å². The van der Waals surface area contributed by atoms with Gasteiger partial charge in [-0.05, 0) is 17.2 Å². The number of hydrogen-bond acceptors (Lipinski definition) is 4. The third-order valence-electron chi connectivity index (χ3n) is 4.30. The molecule has 1 aromatic carbocycles. The van der Waals surface area contributed by atoms with Crippen LogP contribution >= 0.6 is 11.6 Å². The van der Waals surface area contributed by atoms with Crippen LogP contribution in [0.1, 0.15) is 23.7 Å². The molecule has 1 aromatic heterocycles. The van der Waals surface area contributed by atoms with Crippen molar-refractivity contribution in [3.8, 4) is 0 Å². The number of nitrogens with one attached hydrogen (secondary N) is 1. The first kappa shape index (κ1) is 16.4. The summed E-state index contributed by atoms with van der Waals surface area (Å²) in [4.78, 5) is 29.5. The normalized spacial score (nSPS) is 20.3. The third-order valence-corrected chi connectivity index (χ3v) is 4.47. The molecule has 2 unspecified atom stereocenters. The monoisotopic (exact) mass is 348 g/mol. The van der Waals surface area contributed by atoms with Gasteiger partial charge in [0, 0.05) is 31.8 Å². The van der Waals surface area contributed by atoms with E-state index in [-0.39, 0.29) is 30.1 Å². The Balaban J connectivity index is 1.66. The number of likely N-dealkylation sites (tertiary alicyclic amines) is 1. The minimum absolute atomic E-state index is 0.0906. The molecular formula is C16H17ClN4O3. The Hall–Kier alpha value is -2.41. The van der Waals surface area contributed by atoms with E-state index in [9.17, 15) is 14.7 Å². The maximum Gasteiger partial charge on any atom is 0.308 e. The summed E-state index contributed by atoms with van der Waals surface area (Å²) in [6.45, 7) is 0.641. The number of H-pyrrole nitrogens is 1. The van der Waals surface area contributed by atoms with Gasteiger partial charge in [0.1, 0.15) is 5.82 Å². The molecule has 3 rings (SSSR count). The van der Waals surface area contributed by atoms with Crippen LogP contribution < -0.4 is 0 Å². The second-order valence-electron chi connectivity index (χ2n) is 5.81. The van der Waals surface area contributed by atoms with Crippen LogP contribution in [0.25, 0.3) is 0 Å². The first-order valence-corrected chi connectivity index (χ1v) is 8.04. The largest absolute Gasteiger partial charge is 0.481 e. The Labute approximate surface area is 143 Å². The number of carboxylic acid groups (broad SMARTS) is 1. The van der Waals surface area contributed by atoms with Gasteiger partial charge in [0.15, 0.2) is 0 Å². The highest BCUT2D eigenvalue weighted by Gasteiger charge is 2.40. The van der Waals surface area contributed by atoms with Crippen molar-refractivity contribution >= 4 is 23.5 Å². The summed E-state index contributed by atoms with van der Waals surface area (Å²) in [5.74, 6) is -1.20. The molecule has 1 saturated heterocycles. The molecule has 0 spiro atoms. The van der Waals surface area contributed by atoms with Crippen LogP contribution in [0.4, 0.5) is 0 Å². The van der Waals surface area contributed by atoms with Gasteiger partial charge in [-0.25, -0.2) is 4.98 Å². The van der Waals surface area contributed by atoms with Crippen molar-refractivity contribution in [3.05, 3.63) is 47.0 Å². The minimum atomic E-state index is -0.874. The van der Waals surface area contributed by atoms with Crippen molar-refractivity contribution in [2.75, 3.05) is 13.1 Å². The molecule has 0 radical (unpaired) electrons. The lowest BCUT2D eigenvalue weighted by molar-refractivity contribution is -0.141. The Morgan fingerprint density at radius 3 is 2.67 bits per heavy atom. The molecule has 1 amide bonds. The van der Waals surface area contributed by atoms with Crippen molar-refractivity contribution in [2.45, 2.75) is 18.8 Å². The molecule has 0 aliphatic carbocycles. The Morgan fingerprint density at radius 1 is 1.29 bits per heavy atom. The summed E-state index contributed by atoms with van der Waals surface area (Å²) in [6, 6.07) is 9.47. The molecule has 2 atom stereocenters. The van der Waals surface area contributed by atoms with Gasteiger partial charge in [-0.2, -0.15) is 0 Å². The van der Waals surface area contributed by atoms with Gasteiger partial charge in [-0.3, -0.25) is 14.7 Å². The van der Waals surface area contributed by atoms with Crippen LogP contribution in [-0.2, 0) is 16.0 Å². The number of carbonyl (C=O) groups is 2. The zero-order valence-corrected chi connectivity index (χ0v) is 13.6. The van der Waals surface area contributed by atoms with E-state index < -0.39 is 11.9 Å². The van der Waals surface area contributed by atoms with Gasteiger partial charge in [0.05, 0.1) is 5.92 Å². The number of carbonyl (C=O) groups excluding carboxylic acids is 1. The quantitative estimate of drug-likeness (QED) is 0.857. The average molecular weight is 349 g/mol. The zero-order valence-electron chi connectivity index (χ0n) is 12.9. The van der Waals surface area contributed by atoms with Crippen molar-refractivity contribution in [1.82, 2.24) is 20.1 Å². The highest BCUT2D eigenvalue weighted by Crippen LogP contribution is 2.33. The summed E-state index contributed by atoms with van der Waals surface area (Å²) in [7, 11) is 0. The van der Waals surface area contributed by atoms with Crippen molar-refractivity contribution < 1.29 is 14.7 Å². The molecular weight excluding hydrogens is 332 g/mol. The highest BCUT2D eigenvalue weighted by molar-refractivity contribution is 6.28. The molecule has 2 aromatic rings. The number of halogens is 1. The molecule has 0 saturated carbocycles. The van der Waals surface area contributed by atoms with E-state index in [0.717, 1.165) is 5.56 Å². The molecule has 2 N–H and O–H groups in total. The van der Waals surface area contributed by atoms with Crippen LogP contribution in [0, 0.1) is 5.92 Å². The van der Waals surface area contributed by atoms with Gasteiger partial charge >= 0.3 is 5.97 Å². The smallest absolute Gasteiger partial charge is 0.308 e. The molecule has 7 nitrogen and oxygen atoms in total. The lowest BCUT2D eigenvalue weighted by Gasteiger charge is -2.16. The number of aliphatic carboxylic acids is 1. The maximum absolute atomic E-state index is 12.4. The van der Waals surface area contributed by atoms with E-state index in [1.54, 1.807) is 4.90 Å². The first-order valence-electron chi connectivity index (χ1n) is 7.67. The maximum atomic E-state index is 12.4. The lowest BCUT2D eigenvalue weighted by atomic mass is 9.89. The van der Waals surface area contributed by atoms with E-state index >= 15 is 0 Å².